The number of halogens is 2. The van der Waals surface area contributed by atoms with Crippen molar-refractivity contribution in [3.05, 3.63) is 69.3 Å². The Labute approximate surface area is 122 Å². The van der Waals surface area contributed by atoms with Crippen molar-refractivity contribution in [2.45, 2.75) is 13.3 Å². The van der Waals surface area contributed by atoms with Gasteiger partial charge in [0.05, 0.1) is 0 Å². The molecule has 0 saturated heterocycles. The Balaban J connectivity index is 2.08. The Hall–Kier alpha value is -1.44. The molecule has 19 heavy (non-hydrogen) atoms. The molecule has 0 bridgehead atoms. The molecule has 0 radical (unpaired) electrons. The Morgan fingerprint density at radius 1 is 1.05 bits per heavy atom. The van der Waals surface area contributed by atoms with Crippen LogP contribution in [-0.4, -0.2) is 4.98 Å². The van der Waals surface area contributed by atoms with Gasteiger partial charge in [-0.05, 0) is 36.2 Å². The number of benzene rings is 2. The van der Waals surface area contributed by atoms with Crippen LogP contribution in [0.2, 0.25) is 10.0 Å². The number of fused-ring (bicyclic) bond motifs is 1. The van der Waals surface area contributed by atoms with Crippen LogP contribution in [0.1, 0.15) is 16.8 Å². The summed E-state index contributed by atoms with van der Waals surface area (Å²) >= 11 is 12.2. The summed E-state index contributed by atoms with van der Waals surface area (Å²) in [6.07, 6.45) is 0.811. The maximum atomic E-state index is 6.26. The Morgan fingerprint density at radius 3 is 2.63 bits per heavy atom. The fourth-order valence-electron chi connectivity index (χ4n) is 2.42. The zero-order chi connectivity index (χ0) is 13.4. The van der Waals surface area contributed by atoms with Gasteiger partial charge in [0.2, 0.25) is 0 Å². The molecule has 3 rings (SSSR count). The molecule has 0 saturated carbocycles. The molecule has 0 unspecified atom stereocenters. The molecule has 0 amide bonds. The number of para-hydroxylation sites is 1. The summed E-state index contributed by atoms with van der Waals surface area (Å²) in [4.78, 5) is 3.41. The standard InChI is InChI=1S/C16H13Cl2N/c1-10-14(13-4-2-3-5-16(13)19-10)8-11-6-7-12(17)9-15(11)18/h2-7,9,19H,8H2,1H3. The minimum absolute atomic E-state index is 0.671. The highest BCUT2D eigenvalue weighted by molar-refractivity contribution is 6.35. The number of hydrogen-bond acceptors (Lipinski definition) is 0. The van der Waals surface area contributed by atoms with Gasteiger partial charge in [-0.25, -0.2) is 0 Å². The number of H-pyrrole nitrogens is 1. The fraction of sp³-hybridized carbons (Fsp3) is 0.125. The zero-order valence-electron chi connectivity index (χ0n) is 10.5. The van der Waals surface area contributed by atoms with Gasteiger partial charge in [-0.3, -0.25) is 0 Å². The van der Waals surface area contributed by atoms with Gasteiger partial charge in [0, 0.05) is 33.1 Å². The van der Waals surface area contributed by atoms with Gasteiger partial charge in [0.25, 0.3) is 0 Å². The molecule has 1 heterocycles. The Kier molecular flexibility index (Phi) is 3.26. The lowest BCUT2D eigenvalue weighted by atomic mass is 10.0. The smallest absolute Gasteiger partial charge is 0.0458 e. The number of aromatic amines is 1. The van der Waals surface area contributed by atoms with Crippen molar-refractivity contribution in [2.24, 2.45) is 0 Å². The number of aryl methyl sites for hydroxylation is 1. The van der Waals surface area contributed by atoms with Crippen molar-refractivity contribution < 1.29 is 0 Å². The minimum Gasteiger partial charge on any atom is -0.358 e. The van der Waals surface area contributed by atoms with E-state index in [0.29, 0.717) is 5.02 Å². The van der Waals surface area contributed by atoms with E-state index in [1.54, 1.807) is 6.07 Å². The molecule has 0 aliphatic heterocycles. The fourth-order valence-corrected chi connectivity index (χ4v) is 2.89. The van der Waals surface area contributed by atoms with E-state index in [9.17, 15) is 0 Å². The Morgan fingerprint density at radius 2 is 1.84 bits per heavy atom. The molecule has 0 spiro atoms. The normalized spacial score (nSPS) is 11.1. The van der Waals surface area contributed by atoms with Crippen LogP contribution >= 0.6 is 23.2 Å². The second-order valence-electron chi connectivity index (χ2n) is 4.69. The molecule has 96 valence electrons. The summed E-state index contributed by atoms with van der Waals surface area (Å²) in [6, 6.07) is 14.0. The average Bonchev–Trinajstić information content (AvgIpc) is 2.69. The van der Waals surface area contributed by atoms with E-state index in [-0.39, 0.29) is 0 Å². The molecule has 0 atom stereocenters. The second-order valence-corrected chi connectivity index (χ2v) is 5.53. The third kappa shape index (κ3) is 2.36. The largest absolute Gasteiger partial charge is 0.358 e. The van der Waals surface area contributed by atoms with E-state index < -0.39 is 0 Å². The summed E-state index contributed by atoms with van der Waals surface area (Å²) in [5, 5.41) is 2.65. The average molecular weight is 290 g/mol. The number of aromatic nitrogens is 1. The van der Waals surface area contributed by atoms with Crippen LogP contribution in [0.15, 0.2) is 42.5 Å². The molecule has 0 fully saturated rings. The SMILES string of the molecule is Cc1[nH]c2ccccc2c1Cc1ccc(Cl)cc1Cl. The van der Waals surface area contributed by atoms with E-state index in [2.05, 4.69) is 30.1 Å². The molecular weight excluding hydrogens is 277 g/mol. The molecule has 1 N–H and O–H groups in total. The first-order chi connectivity index (χ1) is 9.15. The maximum absolute atomic E-state index is 6.26. The second kappa shape index (κ2) is 4.92. The molecule has 3 heteroatoms. The van der Waals surface area contributed by atoms with Crippen LogP contribution in [0, 0.1) is 6.92 Å². The first kappa shape index (κ1) is 12.6. The van der Waals surface area contributed by atoms with E-state index in [1.165, 1.54) is 22.2 Å². The van der Waals surface area contributed by atoms with Gasteiger partial charge in [0.15, 0.2) is 0 Å². The first-order valence-electron chi connectivity index (χ1n) is 6.15. The van der Waals surface area contributed by atoms with Crippen LogP contribution in [-0.2, 0) is 6.42 Å². The van der Waals surface area contributed by atoms with Crippen molar-refractivity contribution in [2.75, 3.05) is 0 Å². The van der Waals surface area contributed by atoms with Gasteiger partial charge in [-0.1, -0.05) is 47.5 Å². The monoisotopic (exact) mass is 289 g/mol. The quantitative estimate of drug-likeness (QED) is 0.652. The van der Waals surface area contributed by atoms with Gasteiger partial charge < -0.3 is 4.98 Å². The molecule has 0 aliphatic carbocycles. The summed E-state index contributed by atoms with van der Waals surface area (Å²) in [5.74, 6) is 0. The van der Waals surface area contributed by atoms with Crippen LogP contribution in [0.5, 0.6) is 0 Å². The van der Waals surface area contributed by atoms with Crippen molar-refractivity contribution in [1.82, 2.24) is 4.98 Å². The van der Waals surface area contributed by atoms with E-state index >= 15 is 0 Å². The highest BCUT2D eigenvalue weighted by atomic mass is 35.5. The summed E-state index contributed by atoms with van der Waals surface area (Å²) < 4.78 is 0. The predicted molar refractivity (Wildman–Crippen MR) is 82.3 cm³/mol. The Bertz CT molecular complexity index is 744. The number of rotatable bonds is 2. The predicted octanol–water partition coefficient (Wildman–Crippen LogP) is 5.37. The molecule has 1 aromatic heterocycles. The first-order valence-corrected chi connectivity index (χ1v) is 6.91. The van der Waals surface area contributed by atoms with E-state index in [0.717, 1.165) is 17.0 Å². The van der Waals surface area contributed by atoms with Gasteiger partial charge >= 0.3 is 0 Å². The highest BCUT2D eigenvalue weighted by Gasteiger charge is 2.10. The topological polar surface area (TPSA) is 15.8 Å². The molecule has 3 aromatic rings. The summed E-state index contributed by atoms with van der Waals surface area (Å²) in [5.41, 5.74) is 4.74. The molecule has 0 aliphatic rings. The van der Waals surface area contributed by atoms with Crippen LogP contribution in [0.3, 0.4) is 0 Å². The van der Waals surface area contributed by atoms with Gasteiger partial charge in [-0.15, -0.1) is 0 Å². The van der Waals surface area contributed by atoms with Crippen molar-refractivity contribution in [1.29, 1.82) is 0 Å². The third-order valence-electron chi connectivity index (χ3n) is 3.41. The zero-order valence-corrected chi connectivity index (χ0v) is 12.0. The lowest BCUT2D eigenvalue weighted by Crippen LogP contribution is -1.91. The third-order valence-corrected chi connectivity index (χ3v) is 4.00. The maximum Gasteiger partial charge on any atom is 0.0458 e. The van der Waals surface area contributed by atoms with Crippen LogP contribution in [0.25, 0.3) is 10.9 Å². The lowest BCUT2D eigenvalue weighted by Gasteiger charge is -2.05. The van der Waals surface area contributed by atoms with E-state index in [4.69, 9.17) is 23.2 Å². The lowest BCUT2D eigenvalue weighted by molar-refractivity contribution is 1.15. The van der Waals surface area contributed by atoms with Crippen LogP contribution < -0.4 is 0 Å². The molecule has 2 aromatic carbocycles. The van der Waals surface area contributed by atoms with Crippen molar-refractivity contribution in [3.63, 3.8) is 0 Å². The van der Waals surface area contributed by atoms with Crippen molar-refractivity contribution in [3.8, 4) is 0 Å². The van der Waals surface area contributed by atoms with Crippen LogP contribution in [0.4, 0.5) is 0 Å². The minimum atomic E-state index is 0.671. The number of nitrogens with one attached hydrogen (secondary N) is 1. The summed E-state index contributed by atoms with van der Waals surface area (Å²) in [6.45, 7) is 2.10. The molecule has 1 nitrogen and oxygen atoms in total. The van der Waals surface area contributed by atoms with E-state index in [1.807, 2.05) is 18.2 Å². The van der Waals surface area contributed by atoms with Gasteiger partial charge in [0.1, 0.15) is 0 Å². The van der Waals surface area contributed by atoms with Gasteiger partial charge in [-0.2, -0.15) is 0 Å². The van der Waals surface area contributed by atoms with Crippen molar-refractivity contribution >= 4 is 34.1 Å². The number of hydrogen-bond donors (Lipinski definition) is 1. The summed E-state index contributed by atoms with van der Waals surface area (Å²) in [7, 11) is 0. The highest BCUT2D eigenvalue weighted by Crippen LogP contribution is 2.28. The molecular formula is C16H13Cl2N.